The molecule has 0 aromatic rings. The smallest absolute Gasteiger partial charge is 0.240 e. The molecule has 0 saturated heterocycles. The normalized spacial score (nSPS) is 17.9. The zero-order valence-electron chi connectivity index (χ0n) is 12.7. The van der Waals surface area contributed by atoms with Crippen LogP contribution in [0.2, 0.25) is 0 Å². The van der Waals surface area contributed by atoms with Gasteiger partial charge in [-0.3, -0.25) is 9.59 Å². The van der Waals surface area contributed by atoms with Crippen LogP contribution in [0.5, 0.6) is 0 Å². The molecule has 112 valence electrons. The third-order valence-corrected chi connectivity index (χ3v) is 3.67. The molecule has 0 aliphatic heterocycles. The van der Waals surface area contributed by atoms with Gasteiger partial charge in [0, 0.05) is 5.41 Å². The molecule has 5 nitrogen and oxygen atoms in total. The molecule has 20 heavy (non-hydrogen) atoms. The van der Waals surface area contributed by atoms with E-state index in [1.165, 1.54) is 6.42 Å². The van der Waals surface area contributed by atoms with E-state index in [-0.39, 0.29) is 24.3 Å². The van der Waals surface area contributed by atoms with Crippen molar-refractivity contribution < 1.29 is 9.59 Å². The molecule has 2 amide bonds. The molecule has 0 aromatic heterocycles. The monoisotopic (exact) mass is 279 g/mol. The second-order valence-electron chi connectivity index (χ2n) is 6.51. The zero-order chi connectivity index (χ0) is 15.2. The number of hydrogen-bond donors (Lipinski definition) is 2. The van der Waals surface area contributed by atoms with E-state index in [1.54, 1.807) is 20.8 Å². The number of nitrogens with zero attached hydrogens (tertiary/aromatic N) is 1. The molecule has 0 bridgehead atoms. The predicted molar refractivity (Wildman–Crippen MR) is 76.6 cm³/mol. The van der Waals surface area contributed by atoms with E-state index in [9.17, 15) is 14.9 Å². The van der Waals surface area contributed by atoms with Gasteiger partial charge in [0.25, 0.3) is 0 Å². The standard InChI is InChI=1S/C15H25N3O2/c1-15(2,3)14(20)17-10-13(19)18-12(9-16)11-7-5-4-6-8-11/h11-12H,4-8,10H2,1-3H3,(H,17,20)(H,18,19). The van der Waals surface area contributed by atoms with Gasteiger partial charge in [-0.15, -0.1) is 0 Å². The Balaban J connectivity index is 2.40. The first-order valence-electron chi connectivity index (χ1n) is 7.32. The van der Waals surface area contributed by atoms with Crippen molar-refractivity contribution >= 4 is 11.8 Å². The lowest BCUT2D eigenvalue weighted by Crippen LogP contribution is -2.46. The summed E-state index contributed by atoms with van der Waals surface area (Å²) in [5, 5.41) is 14.5. The van der Waals surface area contributed by atoms with Crippen LogP contribution in [0.4, 0.5) is 0 Å². The minimum atomic E-state index is -0.516. The van der Waals surface area contributed by atoms with Gasteiger partial charge in [-0.25, -0.2) is 0 Å². The lowest BCUT2D eigenvalue weighted by atomic mass is 9.84. The topological polar surface area (TPSA) is 82.0 Å². The number of hydrogen-bond acceptors (Lipinski definition) is 3. The van der Waals surface area contributed by atoms with Gasteiger partial charge in [-0.2, -0.15) is 5.26 Å². The Kier molecular flexibility index (Phi) is 6.00. The van der Waals surface area contributed by atoms with Crippen molar-refractivity contribution in [2.24, 2.45) is 11.3 Å². The summed E-state index contributed by atoms with van der Waals surface area (Å²) in [7, 11) is 0. The van der Waals surface area contributed by atoms with Crippen LogP contribution < -0.4 is 10.6 Å². The maximum atomic E-state index is 11.8. The number of carbonyl (C=O) groups is 2. The van der Waals surface area contributed by atoms with Crippen LogP contribution in [-0.4, -0.2) is 24.4 Å². The molecule has 1 fully saturated rings. The van der Waals surface area contributed by atoms with Crippen LogP contribution >= 0.6 is 0 Å². The van der Waals surface area contributed by atoms with Gasteiger partial charge in [-0.1, -0.05) is 40.0 Å². The quantitative estimate of drug-likeness (QED) is 0.822. The van der Waals surface area contributed by atoms with Gasteiger partial charge in [0.1, 0.15) is 6.04 Å². The van der Waals surface area contributed by atoms with Crippen molar-refractivity contribution in [2.45, 2.75) is 58.9 Å². The van der Waals surface area contributed by atoms with Crippen LogP contribution in [0, 0.1) is 22.7 Å². The highest BCUT2D eigenvalue weighted by molar-refractivity contribution is 5.87. The summed E-state index contributed by atoms with van der Waals surface area (Å²) in [6.07, 6.45) is 5.45. The lowest BCUT2D eigenvalue weighted by molar-refractivity contribution is -0.131. The van der Waals surface area contributed by atoms with Crippen LogP contribution in [-0.2, 0) is 9.59 Å². The number of nitriles is 1. The van der Waals surface area contributed by atoms with Gasteiger partial charge in [0.05, 0.1) is 12.6 Å². The minimum absolute atomic E-state index is 0.0684. The zero-order valence-corrected chi connectivity index (χ0v) is 12.7. The van der Waals surface area contributed by atoms with Crippen LogP contribution in [0.25, 0.3) is 0 Å². The molecular formula is C15H25N3O2. The highest BCUT2D eigenvalue weighted by atomic mass is 16.2. The third-order valence-electron chi connectivity index (χ3n) is 3.67. The summed E-state index contributed by atoms with van der Waals surface area (Å²) in [6, 6.07) is 1.74. The number of rotatable bonds is 4. The first kappa shape index (κ1) is 16.5. The second-order valence-corrected chi connectivity index (χ2v) is 6.51. The Morgan fingerprint density at radius 3 is 2.35 bits per heavy atom. The van der Waals surface area contributed by atoms with Gasteiger partial charge in [0.15, 0.2) is 0 Å². The fourth-order valence-corrected chi connectivity index (χ4v) is 2.37. The maximum absolute atomic E-state index is 11.8. The summed E-state index contributed by atoms with van der Waals surface area (Å²) in [4.78, 5) is 23.5. The Hall–Kier alpha value is -1.57. The SMILES string of the molecule is CC(C)(C)C(=O)NCC(=O)NC(C#N)C1CCCCC1. The predicted octanol–water partition coefficient (Wildman–Crippen LogP) is 1.74. The Labute approximate surface area is 121 Å². The number of nitrogens with one attached hydrogen (secondary N) is 2. The van der Waals surface area contributed by atoms with E-state index >= 15 is 0 Å². The van der Waals surface area contributed by atoms with Crippen molar-refractivity contribution in [3.05, 3.63) is 0 Å². The van der Waals surface area contributed by atoms with Crippen LogP contribution in [0.15, 0.2) is 0 Å². The van der Waals surface area contributed by atoms with Crippen molar-refractivity contribution in [3.8, 4) is 6.07 Å². The molecule has 1 saturated carbocycles. The Morgan fingerprint density at radius 2 is 1.85 bits per heavy atom. The average Bonchev–Trinajstić information content (AvgIpc) is 2.42. The molecule has 0 spiro atoms. The van der Waals surface area contributed by atoms with Crippen molar-refractivity contribution in [3.63, 3.8) is 0 Å². The molecule has 1 aliphatic rings. The number of carbonyl (C=O) groups excluding carboxylic acids is 2. The number of amides is 2. The van der Waals surface area contributed by atoms with Gasteiger partial charge >= 0.3 is 0 Å². The van der Waals surface area contributed by atoms with E-state index in [0.29, 0.717) is 0 Å². The lowest BCUT2D eigenvalue weighted by Gasteiger charge is -2.26. The average molecular weight is 279 g/mol. The second kappa shape index (κ2) is 7.28. The molecule has 1 aliphatic carbocycles. The summed E-state index contributed by atoms with van der Waals surface area (Å²) in [5.41, 5.74) is -0.516. The van der Waals surface area contributed by atoms with Crippen molar-refractivity contribution in [1.29, 1.82) is 5.26 Å². The summed E-state index contributed by atoms with van der Waals surface area (Å²) in [6.45, 7) is 5.31. The van der Waals surface area contributed by atoms with E-state index in [2.05, 4.69) is 16.7 Å². The van der Waals surface area contributed by atoms with Crippen molar-refractivity contribution in [2.75, 3.05) is 6.54 Å². The summed E-state index contributed by atoms with van der Waals surface area (Å²) < 4.78 is 0. The van der Waals surface area contributed by atoms with E-state index in [4.69, 9.17) is 0 Å². The van der Waals surface area contributed by atoms with Crippen molar-refractivity contribution in [1.82, 2.24) is 10.6 Å². The molecule has 1 atom stereocenters. The molecule has 0 heterocycles. The maximum Gasteiger partial charge on any atom is 0.240 e. The largest absolute Gasteiger partial charge is 0.347 e. The van der Waals surface area contributed by atoms with Gasteiger partial charge in [-0.05, 0) is 18.8 Å². The molecule has 2 N–H and O–H groups in total. The van der Waals surface area contributed by atoms with Crippen LogP contribution in [0.1, 0.15) is 52.9 Å². The van der Waals surface area contributed by atoms with Crippen LogP contribution in [0.3, 0.4) is 0 Å². The molecule has 0 radical (unpaired) electrons. The van der Waals surface area contributed by atoms with E-state index in [0.717, 1.165) is 25.7 Å². The van der Waals surface area contributed by atoms with Gasteiger partial charge in [0.2, 0.25) is 11.8 Å². The summed E-state index contributed by atoms with van der Waals surface area (Å²) >= 11 is 0. The van der Waals surface area contributed by atoms with E-state index in [1.807, 2.05) is 0 Å². The highest BCUT2D eigenvalue weighted by Crippen LogP contribution is 2.26. The molecule has 0 aromatic carbocycles. The van der Waals surface area contributed by atoms with E-state index < -0.39 is 11.5 Å². The Bertz CT molecular complexity index is 387. The fourth-order valence-electron chi connectivity index (χ4n) is 2.37. The van der Waals surface area contributed by atoms with Gasteiger partial charge < -0.3 is 10.6 Å². The first-order valence-corrected chi connectivity index (χ1v) is 7.32. The fraction of sp³-hybridized carbons (Fsp3) is 0.800. The Morgan fingerprint density at radius 1 is 1.25 bits per heavy atom. The molecular weight excluding hydrogens is 254 g/mol. The highest BCUT2D eigenvalue weighted by Gasteiger charge is 2.26. The molecule has 1 unspecified atom stereocenters. The molecule has 5 heteroatoms. The molecule has 1 rings (SSSR count). The first-order chi connectivity index (χ1) is 9.34. The minimum Gasteiger partial charge on any atom is -0.347 e. The summed E-state index contributed by atoms with van der Waals surface area (Å²) in [5.74, 6) is -0.213. The third kappa shape index (κ3) is 5.20.